The lowest BCUT2D eigenvalue weighted by Crippen LogP contribution is -2.57. The van der Waals surface area contributed by atoms with Gasteiger partial charge in [-0.05, 0) is 71.4 Å². The van der Waals surface area contributed by atoms with Gasteiger partial charge in [-0.2, -0.15) is 0 Å². The summed E-state index contributed by atoms with van der Waals surface area (Å²) < 4.78 is 17.8. The molecule has 0 spiro atoms. The van der Waals surface area contributed by atoms with Crippen molar-refractivity contribution in [3.63, 3.8) is 0 Å². The first kappa shape index (κ1) is 39.5. The van der Waals surface area contributed by atoms with Crippen molar-refractivity contribution in [2.75, 3.05) is 26.2 Å². The predicted octanol–water partition coefficient (Wildman–Crippen LogP) is 4.41. The second kappa shape index (κ2) is 16.8. The average molecular weight is 691 g/mol. The minimum absolute atomic E-state index is 0.116. The Balaban J connectivity index is 1.43. The van der Waals surface area contributed by atoms with Gasteiger partial charge in [0.2, 0.25) is 0 Å². The van der Waals surface area contributed by atoms with Gasteiger partial charge in [0.25, 0.3) is 0 Å². The molecule has 3 fully saturated rings. The molecule has 1 aliphatic carbocycles. The first-order valence-electron chi connectivity index (χ1n) is 18.4. The summed E-state index contributed by atoms with van der Waals surface area (Å²) >= 11 is 0. The van der Waals surface area contributed by atoms with Crippen LogP contribution in [0.5, 0.6) is 0 Å². The van der Waals surface area contributed by atoms with Gasteiger partial charge in [0.1, 0.15) is 11.7 Å². The Hall–Kier alpha value is -2.28. The fourth-order valence-electron chi connectivity index (χ4n) is 7.79. The number of aliphatic hydroxyl groups excluding tert-OH is 2. The predicted molar refractivity (Wildman–Crippen MR) is 187 cm³/mol. The highest BCUT2D eigenvalue weighted by molar-refractivity contribution is 5.70. The largest absolute Gasteiger partial charge is 0.457 e. The fraction of sp³-hybridized carbons (Fsp3) is 0.789. The number of hydrogen-bond donors (Lipinski definition) is 4. The maximum absolute atomic E-state index is 13.3. The van der Waals surface area contributed by atoms with E-state index in [1.165, 1.54) is 25.7 Å². The lowest BCUT2D eigenvalue weighted by atomic mass is 9.80. The van der Waals surface area contributed by atoms with Gasteiger partial charge < -0.3 is 39.5 Å². The van der Waals surface area contributed by atoms with Crippen molar-refractivity contribution in [1.29, 1.82) is 0 Å². The fourth-order valence-corrected chi connectivity index (χ4v) is 7.79. The summed E-state index contributed by atoms with van der Waals surface area (Å²) in [6.45, 7) is 13.5. The molecule has 11 nitrogen and oxygen atoms in total. The Morgan fingerprint density at radius 3 is 2.45 bits per heavy atom. The Morgan fingerprint density at radius 1 is 1.16 bits per heavy atom. The standard InChI is InChI=1S/C38H62N2O9/c1-7-31(42)38(6)25-30(49-38)24-36(4,45)17-10-11-26(2)34-27(3)14-15-32(37(5,46)18-16-29(41)23-33(43)48-34)47-35(44)40-21-19-39(20-22-40)28-12-8-9-13-28/h10-11,14-15,17,27-32,34,41-42,45-46H,7-9,12-13,16,18-25H2,1-6H3/b15-14+,17-10+,26-11+/t27?,29?,30?,31?,32?,34?,36?,37?,38-/m1/s1. The molecule has 0 aromatic carbocycles. The molecule has 0 radical (unpaired) electrons. The molecule has 49 heavy (non-hydrogen) atoms. The molecular weight excluding hydrogens is 628 g/mol. The highest BCUT2D eigenvalue weighted by Gasteiger charge is 2.47. The molecule has 8 unspecified atom stereocenters. The monoisotopic (exact) mass is 690 g/mol. The topological polar surface area (TPSA) is 149 Å². The van der Waals surface area contributed by atoms with E-state index in [0.717, 1.165) is 13.1 Å². The second-order valence-corrected chi connectivity index (χ2v) is 15.7. The van der Waals surface area contributed by atoms with Crippen LogP contribution in [0, 0.1) is 5.92 Å². The van der Waals surface area contributed by atoms with Crippen LogP contribution in [0.1, 0.15) is 106 Å². The molecule has 0 bridgehead atoms. The van der Waals surface area contributed by atoms with Gasteiger partial charge in [0.05, 0.1) is 35.9 Å². The van der Waals surface area contributed by atoms with E-state index in [9.17, 15) is 30.0 Å². The third-order valence-electron chi connectivity index (χ3n) is 11.0. The molecule has 2 saturated heterocycles. The SMILES string of the molecule is CCC(O)[C@@]1(C)CC(CC(C)(O)/C=C/C=C(\C)C2OC(=O)CC(O)CCC(C)(O)C(OC(=O)N3CCN(C4CCCC4)CC3)/C=C/C2C)O1. The highest BCUT2D eigenvalue weighted by Crippen LogP contribution is 2.40. The highest BCUT2D eigenvalue weighted by atomic mass is 16.6. The van der Waals surface area contributed by atoms with E-state index in [1.54, 1.807) is 49.1 Å². The van der Waals surface area contributed by atoms with Crippen LogP contribution in [0.2, 0.25) is 0 Å². The molecule has 1 amide bonds. The molecule has 4 rings (SSSR count). The number of rotatable bonds is 9. The van der Waals surface area contributed by atoms with E-state index in [1.807, 2.05) is 27.7 Å². The van der Waals surface area contributed by atoms with Gasteiger partial charge in [-0.3, -0.25) is 9.69 Å². The van der Waals surface area contributed by atoms with Gasteiger partial charge in [-0.1, -0.05) is 51.0 Å². The third-order valence-corrected chi connectivity index (χ3v) is 11.0. The number of aliphatic hydroxyl groups is 4. The molecule has 1 saturated carbocycles. The van der Waals surface area contributed by atoms with E-state index in [4.69, 9.17) is 14.2 Å². The molecule has 0 aromatic rings. The van der Waals surface area contributed by atoms with Gasteiger partial charge in [-0.25, -0.2) is 4.79 Å². The summed E-state index contributed by atoms with van der Waals surface area (Å²) in [5.41, 5.74) is -2.51. The zero-order valence-corrected chi connectivity index (χ0v) is 30.6. The molecule has 0 aromatic heterocycles. The van der Waals surface area contributed by atoms with Crippen LogP contribution in [0.15, 0.2) is 36.0 Å². The summed E-state index contributed by atoms with van der Waals surface area (Å²) in [5.74, 6) is -0.926. The van der Waals surface area contributed by atoms with Gasteiger partial charge in [0, 0.05) is 51.0 Å². The number of piperazine rings is 1. The number of carbonyl (C=O) groups excluding carboxylic acids is 2. The van der Waals surface area contributed by atoms with Crippen LogP contribution in [-0.2, 0) is 19.0 Å². The Kier molecular flexibility index (Phi) is 13.6. The Bertz CT molecular complexity index is 1190. The minimum Gasteiger partial charge on any atom is -0.457 e. The lowest BCUT2D eigenvalue weighted by Gasteiger charge is -2.49. The molecule has 4 N–H and O–H groups in total. The molecule has 11 heteroatoms. The van der Waals surface area contributed by atoms with Crippen molar-refractivity contribution < 1.29 is 44.2 Å². The van der Waals surface area contributed by atoms with Gasteiger partial charge in [0.15, 0.2) is 6.10 Å². The zero-order valence-electron chi connectivity index (χ0n) is 30.6. The number of esters is 1. The zero-order chi connectivity index (χ0) is 36.0. The van der Waals surface area contributed by atoms with E-state index in [-0.39, 0.29) is 31.3 Å². The van der Waals surface area contributed by atoms with Crippen LogP contribution in [-0.4, -0.2) is 122 Å². The molecule has 3 heterocycles. The molecule has 4 aliphatic rings. The van der Waals surface area contributed by atoms with Gasteiger partial charge in [-0.15, -0.1) is 0 Å². The van der Waals surface area contributed by atoms with Crippen LogP contribution in [0.4, 0.5) is 4.79 Å². The van der Waals surface area contributed by atoms with Crippen molar-refractivity contribution in [2.24, 2.45) is 5.92 Å². The van der Waals surface area contributed by atoms with Crippen LogP contribution < -0.4 is 0 Å². The number of hydrogen-bond acceptors (Lipinski definition) is 10. The third kappa shape index (κ3) is 10.9. The summed E-state index contributed by atoms with van der Waals surface area (Å²) in [6, 6.07) is 0.601. The van der Waals surface area contributed by atoms with Crippen molar-refractivity contribution in [3.05, 3.63) is 36.0 Å². The summed E-state index contributed by atoms with van der Waals surface area (Å²) in [6.07, 6.45) is 11.3. The number of ether oxygens (including phenoxy) is 3. The number of carbonyl (C=O) groups is 2. The van der Waals surface area contributed by atoms with Crippen LogP contribution in [0.25, 0.3) is 0 Å². The van der Waals surface area contributed by atoms with Crippen molar-refractivity contribution in [2.45, 2.75) is 159 Å². The number of amides is 1. The normalized spacial score (nSPS) is 37.0. The molecular formula is C38H62N2O9. The Morgan fingerprint density at radius 2 is 1.82 bits per heavy atom. The molecule has 278 valence electrons. The van der Waals surface area contributed by atoms with Crippen molar-refractivity contribution >= 4 is 12.1 Å². The second-order valence-electron chi connectivity index (χ2n) is 15.7. The first-order valence-corrected chi connectivity index (χ1v) is 18.4. The van der Waals surface area contributed by atoms with Crippen molar-refractivity contribution in [3.8, 4) is 0 Å². The maximum Gasteiger partial charge on any atom is 0.410 e. The van der Waals surface area contributed by atoms with Crippen LogP contribution in [0.3, 0.4) is 0 Å². The van der Waals surface area contributed by atoms with E-state index >= 15 is 0 Å². The maximum atomic E-state index is 13.3. The molecule has 9 atom stereocenters. The summed E-state index contributed by atoms with van der Waals surface area (Å²) in [5, 5.41) is 43.4. The lowest BCUT2D eigenvalue weighted by molar-refractivity contribution is -0.249. The summed E-state index contributed by atoms with van der Waals surface area (Å²) in [4.78, 5) is 30.4. The minimum atomic E-state index is -1.48. The first-order chi connectivity index (χ1) is 23.0. The quantitative estimate of drug-likeness (QED) is 0.156. The molecule has 3 aliphatic heterocycles. The Labute approximate surface area is 293 Å². The summed E-state index contributed by atoms with van der Waals surface area (Å²) in [7, 11) is 0. The van der Waals surface area contributed by atoms with Crippen LogP contribution >= 0.6 is 0 Å². The number of nitrogens with zero attached hydrogens (tertiary/aromatic N) is 2. The van der Waals surface area contributed by atoms with E-state index in [2.05, 4.69) is 4.90 Å². The average Bonchev–Trinajstić information content (AvgIpc) is 3.57. The smallest absolute Gasteiger partial charge is 0.410 e. The van der Waals surface area contributed by atoms with E-state index < -0.39 is 53.3 Å². The van der Waals surface area contributed by atoms with Gasteiger partial charge >= 0.3 is 12.1 Å². The van der Waals surface area contributed by atoms with E-state index in [0.29, 0.717) is 44.0 Å². The number of cyclic esters (lactones) is 1. The van der Waals surface area contributed by atoms with Crippen molar-refractivity contribution in [1.82, 2.24) is 9.80 Å². The number of allylic oxidation sites excluding steroid dienone is 2.